The molecule has 0 bridgehead atoms. The second-order valence-corrected chi connectivity index (χ2v) is 5.84. The van der Waals surface area contributed by atoms with Crippen molar-refractivity contribution in [3.8, 4) is 0 Å². The van der Waals surface area contributed by atoms with Gasteiger partial charge in [0.2, 0.25) is 5.95 Å². The van der Waals surface area contributed by atoms with Crippen molar-refractivity contribution in [2.45, 2.75) is 19.3 Å². The van der Waals surface area contributed by atoms with Crippen molar-refractivity contribution < 1.29 is 4.92 Å². The Balaban J connectivity index is 1.71. The lowest BCUT2D eigenvalue weighted by Gasteiger charge is -2.17. The van der Waals surface area contributed by atoms with E-state index in [0.29, 0.717) is 29.2 Å². The van der Waals surface area contributed by atoms with Gasteiger partial charge in [-0.15, -0.1) is 11.6 Å². The van der Waals surface area contributed by atoms with Crippen LogP contribution in [0.2, 0.25) is 0 Å². The second kappa shape index (κ2) is 5.89. The molecule has 0 radical (unpaired) electrons. The molecule has 1 saturated carbocycles. The molecule has 6 nitrogen and oxygen atoms in total. The van der Waals surface area contributed by atoms with Gasteiger partial charge >= 0.3 is 0 Å². The third-order valence-corrected chi connectivity index (χ3v) is 4.62. The van der Waals surface area contributed by atoms with Crippen molar-refractivity contribution in [3.63, 3.8) is 0 Å². The molecule has 1 heterocycles. The Morgan fingerprint density at radius 2 is 2.24 bits per heavy atom. The molecule has 0 aliphatic heterocycles. The van der Waals surface area contributed by atoms with E-state index in [2.05, 4.69) is 15.3 Å². The maximum Gasteiger partial charge on any atom is 0.271 e. The second-order valence-electron chi connectivity index (χ2n) is 5.53. The smallest absolute Gasteiger partial charge is 0.271 e. The van der Waals surface area contributed by atoms with Gasteiger partial charge in [-0.05, 0) is 30.7 Å². The normalized spacial score (nSPS) is 21.8. The van der Waals surface area contributed by atoms with Gasteiger partial charge in [-0.2, -0.15) is 0 Å². The number of nitro benzene ring substituents is 1. The van der Waals surface area contributed by atoms with Gasteiger partial charge in [-0.1, -0.05) is 6.42 Å². The summed E-state index contributed by atoms with van der Waals surface area (Å²) in [6, 6.07) is 4.63. The fourth-order valence-corrected chi connectivity index (χ4v) is 3.41. The molecule has 1 aromatic heterocycles. The highest BCUT2D eigenvalue weighted by atomic mass is 35.5. The van der Waals surface area contributed by atoms with Gasteiger partial charge in [-0.3, -0.25) is 10.1 Å². The number of hydrogen-bond acceptors (Lipinski definition) is 4. The molecule has 1 aliphatic carbocycles. The van der Waals surface area contributed by atoms with E-state index >= 15 is 0 Å². The fraction of sp³-hybridized carbons (Fsp3) is 0.500. The van der Waals surface area contributed by atoms with Crippen LogP contribution in [-0.4, -0.2) is 27.3 Å². The SMILES string of the molecule is O=[N+]([O-])c1ccc2nc(NCC3CCCC3CCl)[nH]c2c1. The van der Waals surface area contributed by atoms with Crippen molar-refractivity contribution in [1.29, 1.82) is 0 Å². The molecule has 2 N–H and O–H groups in total. The van der Waals surface area contributed by atoms with Crippen molar-refractivity contribution in [2.75, 3.05) is 17.7 Å². The molecule has 0 amide bonds. The summed E-state index contributed by atoms with van der Waals surface area (Å²) in [7, 11) is 0. The lowest BCUT2D eigenvalue weighted by molar-refractivity contribution is -0.384. The van der Waals surface area contributed by atoms with Gasteiger partial charge in [0.25, 0.3) is 5.69 Å². The number of nitrogens with zero attached hydrogens (tertiary/aromatic N) is 2. The predicted molar refractivity (Wildman–Crippen MR) is 82.8 cm³/mol. The molecule has 0 saturated heterocycles. The van der Waals surface area contributed by atoms with Gasteiger partial charge in [0.1, 0.15) is 0 Å². The van der Waals surface area contributed by atoms with Crippen LogP contribution >= 0.6 is 11.6 Å². The third kappa shape index (κ3) is 2.95. The molecule has 1 aromatic carbocycles. The zero-order chi connectivity index (χ0) is 14.8. The topological polar surface area (TPSA) is 83.8 Å². The van der Waals surface area contributed by atoms with Crippen LogP contribution in [0.3, 0.4) is 0 Å². The van der Waals surface area contributed by atoms with Crippen LogP contribution in [0.5, 0.6) is 0 Å². The Kier molecular flexibility index (Phi) is 3.96. The molecule has 2 atom stereocenters. The summed E-state index contributed by atoms with van der Waals surface area (Å²) >= 11 is 5.98. The molecule has 0 spiro atoms. The van der Waals surface area contributed by atoms with Crippen LogP contribution < -0.4 is 5.32 Å². The first-order valence-electron chi connectivity index (χ1n) is 7.11. The lowest BCUT2D eigenvalue weighted by Crippen LogP contribution is -2.19. The summed E-state index contributed by atoms with van der Waals surface area (Å²) in [5, 5.41) is 14.1. The van der Waals surface area contributed by atoms with Crippen LogP contribution in [0.25, 0.3) is 11.0 Å². The molecule has 1 aliphatic rings. The Bertz CT molecular complexity index is 657. The highest BCUT2D eigenvalue weighted by Crippen LogP contribution is 2.32. The number of H-pyrrole nitrogens is 1. The van der Waals surface area contributed by atoms with Crippen LogP contribution in [-0.2, 0) is 0 Å². The van der Waals surface area contributed by atoms with Crippen LogP contribution in [0.1, 0.15) is 19.3 Å². The average Bonchev–Trinajstić information content (AvgIpc) is 3.09. The standard InChI is InChI=1S/C14H17ClN4O2/c15-7-9-2-1-3-10(9)8-16-14-17-12-5-4-11(19(20)21)6-13(12)18-14/h4-6,9-10H,1-3,7-8H2,(H2,16,17,18). The van der Waals surface area contributed by atoms with E-state index in [1.54, 1.807) is 6.07 Å². The number of alkyl halides is 1. The first-order chi connectivity index (χ1) is 10.2. The van der Waals surface area contributed by atoms with Crippen LogP contribution in [0.15, 0.2) is 18.2 Å². The Morgan fingerprint density at radius 3 is 3.00 bits per heavy atom. The number of fused-ring (bicyclic) bond motifs is 1. The Morgan fingerprint density at radius 1 is 1.43 bits per heavy atom. The number of hydrogen-bond donors (Lipinski definition) is 2. The average molecular weight is 309 g/mol. The first kappa shape index (κ1) is 14.1. The number of nitro groups is 1. The van der Waals surface area contributed by atoms with E-state index in [9.17, 15) is 10.1 Å². The molecule has 21 heavy (non-hydrogen) atoms. The number of nitrogens with one attached hydrogen (secondary N) is 2. The lowest BCUT2D eigenvalue weighted by atomic mass is 9.98. The molecule has 2 unspecified atom stereocenters. The van der Waals surface area contributed by atoms with Gasteiger partial charge in [0.05, 0.1) is 16.0 Å². The predicted octanol–water partition coefficient (Wildman–Crippen LogP) is 3.54. The molecule has 112 valence electrons. The number of aromatic amines is 1. The van der Waals surface area contributed by atoms with E-state index in [1.807, 2.05) is 0 Å². The monoisotopic (exact) mass is 308 g/mol. The summed E-state index contributed by atoms with van der Waals surface area (Å²) in [6.45, 7) is 0.833. The number of rotatable bonds is 5. The van der Waals surface area contributed by atoms with Crippen LogP contribution in [0, 0.1) is 22.0 Å². The minimum absolute atomic E-state index is 0.0655. The number of benzene rings is 1. The van der Waals surface area contributed by atoms with Crippen molar-refractivity contribution >= 4 is 34.3 Å². The highest BCUT2D eigenvalue weighted by molar-refractivity contribution is 6.18. The number of aromatic nitrogens is 2. The largest absolute Gasteiger partial charge is 0.356 e. The van der Waals surface area contributed by atoms with Gasteiger partial charge in [0.15, 0.2) is 0 Å². The van der Waals surface area contributed by atoms with Crippen LogP contribution in [0.4, 0.5) is 11.6 Å². The molecule has 1 fully saturated rings. The van der Waals surface area contributed by atoms with Gasteiger partial charge in [0, 0.05) is 24.6 Å². The molecular weight excluding hydrogens is 292 g/mol. The summed E-state index contributed by atoms with van der Waals surface area (Å²) in [5.74, 6) is 2.51. The summed E-state index contributed by atoms with van der Waals surface area (Å²) in [4.78, 5) is 17.8. The maximum absolute atomic E-state index is 10.8. The van der Waals surface area contributed by atoms with Crippen molar-refractivity contribution in [1.82, 2.24) is 9.97 Å². The Labute approximate surface area is 127 Å². The van der Waals surface area contributed by atoms with Gasteiger partial charge < -0.3 is 10.3 Å². The molecule has 2 aromatic rings. The molecular formula is C14H17ClN4O2. The minimum atomic E-state index is -0.406. The quantitative estimate of drug-likeness (QED) is 0.502. The number of anilines is 1. The van der Waals surface area contributed by atoms with E-state index in [1.165, 1.54) is 31.4 Å². The molecule has 3 rings (SSSR count). The number of imidazole rings is 1. The highest BCUT2D eigenvalue weighted by Gasteiger charge is 2.26. The van der Waals surface area contributed by atoms with Crippen molar-refractivity contribution in [2.24, 2.45) is 11.8 Å². The first-order valence-corrected chi connectivity index (χ1v) is 7.65. The minimum Gasteiger partial charge on any atom is -0.356 e. The van der Waals surface area contributed by atoms with E-state index in [0.717, 1.165) is 12.1 Å². The molecule has 7 heteroatoms. The summed E-state index contributed by atoms with van der Waals surface area (Å²) < 4.78 is 0. The van der Waals surface area contributed by atoms with E-state index in [-0.39, 0.29) is 5.69 Å². The van der Waals surface area contributed by atoms with Crippen molar-refractivity contribution in [3.05, 3.63) is 28.3 Å². The zero-order valence-corrected chi connectivity index (χ0v) is 12.3. The Hall–Kier alpha value is -1.82. The zero-order valence-electron chi connectivity index (χ0n) is 11.5. The number of halogens is 1. The fourth-order valence-electron chi connectivity index (χ4n) is 3.01. The van der Waals surface area contributed by atoms with E-state index in [4.69, 9.17) is 11.6 Å². The summed E-state index contributed by atoms with van der Waals surface area (Å²) in [5.41, 5.74) is 1.46. The van der Waals surface area contributed by atoms with Gasteiger partial charge in [-0.25, -0.2) is 4.98 Å². The maximum atomic E-state index is 10.8. The summed E-state index contributed by atoms with van der Waals surface area (Å²) in [6.07, 6.45) is 3.62. The van der Waals surface area contributed by atoms with E-state index < -0.39 is 4.92 Å². The number of non-ortho nitro benzene ring substituents is 1. The third-order valence-electron chi connectivity index (χ3n) is 4.22.